The van der Waals surface area contributed by atoms with Gasteiger partial charge in [0.1, 0.15) is 11.4 Å². The Morgan fingerprint density at radius 1 is 1.32 bits per heavy atom. The topological polar surface area (TPSA) is 84.1 Å². The molecule has 0 unspecified atom stereocenters. The van der Waals surface area contributed by atoms with E-state index < -0.39 is 17.6 Å². The van der Waals surface area contributed by atoms with Crippen molar-refractivity contribution in [3.63, 3.8) is 0 Å². The number of likely N-dealkylation sites (tertiary alicyclic amines) is 1. The Balaban J connectivity index is 1.70. The lowest BCUT2D eigenvalue weighted by Crippen LogP contribution is -2.36. The molecular weight excluding hydrogens is 371 g/mol. The lowest BCUT2D eigenvalue weighted by molar-refractivity contribution is -0.137. The van der Waals surface area contributed by atoms with Gasteiger partial charge in [-0.15, -0.1) is 0 Å². The molecule has 9 heteroatoms. The molecule has 0 saturated carbocycles. The van der Waals surface area contributed by atoms with Crippen molar-refractivity contribution in [2.24, 2.45) is 0 Å². The van der Waals surface area contributed by atoms with Gasteiger partial charge in [0.2, 0.25) is 11.9 Å². The maximum Gasteiger partial charge on any atom is 0.421 e. The van der Waals surface area contributed by atoms with Crippen LogP contribution < -0.4 is 11.1 Å². The van der Waals surface area contributed by atoms with E-state index in [0.717, 1.165) is 18.4 Å². The average Bonchev–Trinajstić information content (AvgIpc) is 2.67. The van der Waals surface area contributed by atoms with Gasteiger partial charge in [-0.3, -0.25) is 4.79 Å². The summed E-state index contributed by atoms with van der Waals surface area (Å²) in [4.78, 5) is 20.9. The van der Waals surface area contributed by atoms with E-state index in [1.54, 1.807) is 11.0 Å². The minimum atomic E-state index is -4.59. The van der Waals surface area contributed by atoms with Crippen LogP contribution in [0.1, 0.15) is 29.9 Å². The summed E-state index contributed by atoms with van der Waals surface area (Å²) in [5.41, 5.74) is 6.08. The van der Waals surface area contributed by atoms with E-state index in [-0.39, 0.29) is 17.8 Å². The van der Waals surface area contributed by atoms with Crippen molar-refractivity contribution < 1.29 is 18.0 Å². The molecule has 1 amide bonds. The minimum Gasteiger partial charge on any atom is -0.383 e. The predicted molar refractivity (Wildman–Crippen MR) is 99.9 cm³/mol. The molecule has 1 aromatic carbocycles. The van der Waals surface area contributed by atoms with Crippen LogP contribution in [0, 0.1) is 0 Å². The number of nitrogen functional groups attached to an aromatic ring is 1. The number of nitrogens with two attached hydrogens (primary N) is 1. The highest BCUT2D eigenvalue weighted by molar-refractivity contribution is 5.87. The molecule has 1 fully saturated rings. The molecule has 3 rings (SSSR count). The second kappa shape index (κ2) is 7.87. The lowest BCUT2D eigenvalue weighted by atomic mass is 9.89. The van der Waals surface area contributed by atoms with E-state index in [1.165, 1.54) is 6.08 Å². The number of anilines is 3. The molecule has 1 aromatic heterocycles. The summed E-state index contributed by atoms with van der Waals surface area (Å²) in [6.07, 6.45) is -0.953. The molecule has 1 saturated heterocycles. The Kier molecular flexibility index (Phi) is 5.53. The summed E-state index contributed by atoms with van der Waals surface area (Å²) in [7, 11) is 0. The number of carbonyl (C=O) groups is 1. The largest absolute Gasteiger partial charge is 0.421 e. The van der Waals surface area contributed by atoms with E-state index in [4.69, 9.17) is 5.73 Å². The molecule has 1 aliphatic heterocycles. The molecule has 0 spiro atoms. The van der Waals surface area contributed by atoms with Crippen LogP contribution in [0.5, 0.6) is 0 Å². The van der Waals surface area contributed by atoms with E-state index >= 15 is 0 Å². The third-order valence-corrected chi connectivity index (χ3v) is 4.72. The Labute approximate surface area is 160 Å². The molecule has 3 N–H and O–H groups in total. The number of benzene rings is 1. The van der Waals surface area contributed by atoms with Gasteiger partial charge in [0.25, 0.3) is 0 Å². The summed E-state index contributed by atoms with van der Waals surface area (Å²) < 4.78 is 38.3. The van der Waals surface area contributed by atoms with Crippen molar-refractivity contribution in [2.45, 2.75) is 24.9 Å². The van der Waals surface area contributed by atoms with Crippen LogP contribution in [-0.4, -0.2) is 33.9 Å². The molecule has 6 nitrogen and oxygen atoms in total. The number of amides is 1. The van der Waals surface area contributed by atoms with Crippen LogP contribution in [-0.2, 0) is 11.0 Å². The van der Waals surface area contributed by atoms with Crippen LogP contribution in [0.2, 0.25) is 0 Å². The van der Waals surface area contributed by atoms with Gasteiger partial charge < -0.3 is 16.0 Å². The van der Waals surface area contributed by atoms with Crippen molar-refractivity contribution in [1.82, 2.24) is 14.9 Å². The Hall–Kier alpha value is -3.10. The number of hydrogen-bond acceptors (Lipinski definition) is 5. The second-order valence-corrected chi connectivity index (χ2v) is 6.54. The minimum absolute atomic E-state index is 0.00551. The molecule has 0 atom stereocenters. The van der Waals surface area contributed by atoms with Gasteiger partial charge >= 0.3 is 6.18 Å². The number of aromatic nitrogens is 2. The summed E-state index contributed by atoms with van der Waals surface area (Å²) in [5, 5.41) is 2.89. The average molecular weight is 391 g/mol. The summed E-state index contributed by atoms with van der Waals surface area (Å²) in [6.45, 7) is 4.82. The van der Waals surface area contributed by atoms with Gasteiger partial charge in [-0.05, 0) is 42.5 Å². The number of nitrogens with zero attached hydrogens (tertiary/aromatic N) is 3. The van der Waals surface area contributed by atoms with E-state index in [0.29, 0.717) is 25.0 Å². The van der Waals surface area contributed by atoms with Crippen LogP contribution in [0.3, 0.4) is 0 Å². The number of alkyl halides is 3. The standard InChI is InChI=1S/C19H20F3N5O/c1-2-16(28)27-8-6-12(7-9-27)13-4-3-5-14(10-13)25-18-24-11-15(17(23)26-18)19(20,21)22/h2-5,10-12H,1,6-9H2,(H3,23,24,25,26). The van der Waals surface area contributed by atoms with Gasteiger partial charge in [-0.1, -0.05) is 18.7 Å². The van der Waals surface area contributed by atoms with Gasteiger partial charge in [-0.2, -0.15) is 18.2 Å². The molecule has 148 valence electrons. The van der Waals surface area contributed by atoms with Gasteiger partial charge in [0.05, 0.1) is 0 Å². The summed E-state index contributed by atoms with van der Waals surface area (Å²) >= 11 is 0. The normalized spacial score (nSPS) is 15.3. The number of piperidine rings is 1. The maximum atomic E-state index is 12.8. The third-order valence-electron chi connectivity index (χ3n) is 4.72. The zero-order valence-electron chi connectivity index (χ0n) is 15.0. The zero-order chi connectivity index (χ0) is 20.3. The van der Waals surface area contributed by atoms with Crippen LogP contribution in [0.25, 0.3) is 0 Å². The molecule has 1 aliphatic rings. The molecule has 0 aliphatic carbocycles. The fraction of sp³-hybridized carbons (Fsp3) is 0.316. The number of hydrogen-bond donors (Lipinski definition) is 2. The number of carbonyl (C=O) groups excluding carboxylic acids is 1. The molecular formula is C19H20F3N5O. The number of nitrogens with one attached hydrogen (secondary N) is 1. The second-order valence-electron chi connectivity index (χ2n) is 6.54. The van der Waals surface area contributed by atoms with Crippen LogP contribution >= 0.6 is 0 Å². The highest BCUT2D eigenvalue weighted by atomic mass is 19.4. The first-order chi connectivity index (χ1) is 13.3. The van der Waals surface area contributed by atoms with Gasteiger partial charge in [-0.25, -0.2) is 4.98 Å². The Morgan fingerprint density at radius 2 is 2.04 bits per heavy atom. The SMILES string of the molecule is C=CC(=O)N1CCC(c2cccc(Nc3ncc(C(F)(F)F)c(N)n3)c2)CC1. The third kappa shape index (κ3) is 4.41. The first kappa shape index (κ1) is 19.7. The van der Waals surface area contributed by atoms with E-state index in [1.807, 2.05) is 18.2 Å². The zero-order valence-corrected chi connectivity index (χ0v) is 15.0. The number of rotatable bonds is 4. The maximum absolute atomic E-state index is 12.8. The van der Waals surface area contributed by atoms with Crippen LogP contribution in [0.15, 0.2) is 43.1 Å². The van der Waals surface area contributed by atoms with Crippen molar-refractivity contribution in [3.05, 3.63) is 54.2 Å². The van der Waals surface area contributed by atoms with Crippen molar-refractivity contribution in [1.29, 1.82) is 0 Å². The Morgan fingerprint density at radius 3 is 2.64 bits per heavy atom. The number of halogens is 3. The van der Waals surface area contributed by atoms with Gasteiger partial charge in [0.15, 0.2) is 0 Å². The van der Waals surface area contributed by atoms with Crippen LogP contribution in [0.4, 0.5) is 30.6 Å². The highest BCUT2D eigenvalue weighted by Crippen LogP contribution is 2.33. The quantitative estimate of drug-likeness (QED) is 0.776. The fourth-order valence-corrected chi connectivity index (χ4v) is 3.24. The lowest BCUT2D eigenvalue weighted by Gasteiger charge is -2.31. The molecule has 0 bridgehead atoms. The van der Waals surface area contributed by atoms with E-state index in [9.17, 15) is 18.0 Å². The molecule has 2 heterocycles. The van der Waals surface area contributed by atoms with Crippen molar-refractivity contribution in [2.75, 3.05) is 24.1 Å². The Bertz CT molecular complexity index is 876. The van der Waals surface area contributed by atoms with Crippen molar-refractivity contribution >= 4 is 23.4 Å². The summed E-state index contributed by atoms with van der Waals surface area (Å²) in [6, 6.07) is 7.53. The molecule has 2 aromatic rings. The smallest absolute Gasteiger partial charge is 0.383 e. The monoisotopic (exact) mass is 391 g/mol. The molecule has 28 heavy (non-hydrogen) atoms. The predicted octanol–water partition coefficient (Wildman–Crippen LogP) is 3.71. The van der Waals surface area contributed by atoms with E-state index in [2.05, 4.69) is 21.9 Å². The van der Waals surface area contributed by atoms with Crippen molar-refractivity contribution in [3.8, 4) is 0 Å². The fourth-order valence-electron chi connectivity index (χ4n) is 3.24. The first-order valence-corrected chi connectivity index (χ1v) is 8.76. The first-order valence-electron chi connectivity index (χ1n) is 8.76. The highest BCUT2D eigenvalue weighted by Gasteiger charge is 2.34. The summed E-state index contributed by atoms with van der Waals surface area (Å²) in [5.74, 6) is -0.408. The molecule has 0 radical (unpaired) electrons. The van der Waals surface area contributed by atoms with Gasteiger partial charge in [0, 0.05) is 25.0 Å².